The molecule has 29 heavy (non-hydrogen) atoms. The van der Waals surface area contributed by atoms with Gasteiger partial charge in [0.2, 0.25) is 0 Å². The van der Waals surface area contributed by atoms with Crippen LogP contribution in [0.15, 0.2) is 91.3 Å². The molecule has 0 saturated heterocycles. The lowest BCUT2D eigenvalue weighted by Crippen LogP contribution is -2.09. The van der Waals surface area contributed by atoms with Crippen LogP contribution in [-0.2, 0) is 0 Å². The summed E-state index contributed by atoms with van der Waals surface area (Å²) < 4.78 is 7.13. The minimum absolute atomic E-state index is 0.691. The Morgan fingerprint density at radius 3 is 2.00 bits per heavy atom. The van der Waals surface area contributed by atoms with Crippen molar-refractivity contribution in [1.29, 1.82) is 0 Å². The number of allylic oxidation sites excluding steroid dienone is 1. The molecule has 3 aromatic rings. The minimum atomic E-state index is 0.691. The van der Waals surface area contributed by atoms with E-state index in [1.165, 1.54) is 31.4 Å². The molecule has 0 aliphatic carbocycles. The second-order valence-electron chi connectivity index (χ2n) is 6.99. The molecule has 146 valence electrons. The van der Waals surface area contributed by atoms with E-state index in [1.54, 1.807) is 0 Å². The molecule has 1 aliphatic rings. The Morgan fingerprint density at radius 1 is 0.793 bits per heavy atom. The van der Waals surface area contributed by atoms with Crippen LogP contribution in [0.1, 0.15) is 30.0 Å². The van der Waals surface area contributed by atoms with Gasteiger partial charge < -0.3 is 9.64 Å². The van der Waals surface area contributed by atoms with Crippen LogP contribution >= 0.6 is 22.6 Å². The molecule has 0 amide bonds. The van der Waals surface area contributed by atoms with Crippen molar-refractivity contribution in [3.63, 3.8) is 0 Å². The van der Waals surface area contributed by atoms with Gasteiger partial charge in [-0.15, -0.1) is 0 Å². The van der Waals surface area contributed by atoms with E-state index in [0.717, 1.165) is 18.7 Å². The van der Waals surface area contributed by atoms with E-state index in [-0.39, 0.29) is 0 Å². The lowest BCUT2D eigenvalue weighted by atomic mass is 9.88. The van der Waals surface area contributed by atoms with Crippen molar-refractivity contribution in [2.24, 2.45) is 0 Å². The molecule has 0 fully saturated rings. The summed E-state index contributed by atoms with van der Waals surface area (Å²) in [4.78, 5) is 2.12. The van der Waals surface area contributed by atoms with Crippen molar-refractivity contribution in [2.75, 3.05) is 13.2 Å². The maximum absolute atomic E-state index is 5.89. The topological polar surface area (TPSA) is 12.2 Å². The van der Waals surface area contributed by atoms with Crippen LogP contribution in [0.4, 0.5) is 0 Å². The Balaban J connectivity index is 1.69. The lowest BCUT2D eigenvalue weighted by molar-refractivity contribution is 0.297. The predicted molar refractivity (Wildman–Crippen MR) is 130 cm³/mol. The Morgan fingerprint density at radius 2 is 1.41 bits per heavy atom. The highest BCUT2D eigenvalue weighted by molar-refractivity contribution is 14.1. The number of benzene rings is 3. The average molecular weight is 493 g/mol. The summed E-state index contributed by atoms with van der Waals surface area (Å²) in [5, 5.41) is 0. The van der Waals surface area contributed by atoms with Crippen molar-refractivity contribution >= 4 is 33.7 Å². The number of halogens is 1. The second-order valence-corrected chi connectivity index (χ2v) is 8.23. The fraction of sp³-hybridized carbons (Fsp3) is 0.154. The number of ether oxygens (including phenoxy) is 1. The molecule has 1 aliphatic heterocycles. The van der Waals surface area contributed by atoms with Gasteiger partial charge in [0.05, 0.1) is 6.54 Å². The standard InChI is InChI=1S/C26H24INO/c1-2-25(20-6-4-3-5-7-20)26(21-8-12-23(27)13-9-21)22-10-14-24(15-11-22)29-19-18-28-16-17-28/h3-17H,2,18-19H2,1H3. The van der Waals surface area contributed by atoms with Crippen LogP contribution in [-0.4, -0.2) is 18.1 Å². The number of rotatable bonds is 8. The van der Waals surface area contributed by atoms with E-state index in [0.29, 0.717) is 6.61 Å². The van der Waals surface area contributed by atoms with Crippen molar-refractivity contribution in [3.05, 3.63) is 112 Å². The second kappa shape index (κ2) is 9.31. The summed E-state index contributed by atoms with van der Waals surface area (Å²) in [5.41, 5.74) is 6.37. The molecule has 0 unspecified atom stereocenters. The third kappa shape index (κ3) is 5.10. The maximum Gasteiger partial charge on any atom is 0.119 e. The number of nitrogens with zero attached hydrogens (tertiary/aromatic N) is 1. The first-order valence-corrected chi connectivity index (χ1v) is 11.0. The maximum atomic E-state index is 5.89. The molecule has 0 radical (unpaired) electrons. The van der Waals surface area contributed by atoms with Gasteiger partial charge in [0.25, 0.3) is 0 Å². The molecular formula is C26H24INO. The monoisotopic (exact) mass is 493 g/mol. The number of hydrogen-bond acceptors (Lipinski definition) is 2. The molecule has 1 heterocycles. The van der Waals surface area contributed by atoms with Crippen molar-refractivity contribution in [1.82, 2.24) is 4.90 Å². The van der Waals surface area contributed by atoms with Gasteiger partial charge in [-0.25, -0.2) is 0 Å². The normalized spacial score (nSPS) is 13.2. The summed E-state index contributed by atoms with van der Waals surface area (Å²) in [5.74, 6) is 0.912. The van der Waals surface area contributed by atoms with Gasteiger partial charge in [-0.3, -0.25) is 0 Å². The van der Waals surface area contributed by atoms with Crippen molar-refractivity contribution in [2.45, 2.75) is 13.3 Å². The highest BCUT2D eigenvalue weighted by Gasteiger charge is 2.13. The SMILES string of the molecule is CCC(=C(c1ccc(I)cc1)c1ccc(OCCN2C=C2)cc1)c1ccccc1. The zero-order valence-corrected chi connectivity index (χ0v) is 18.7. The summed E-state index contributed by atoms with van der Waals surface area (Å²) >= 11 is 2.36. The molecule has 4 rings (SSSR count). The molecule has 0 spiro atoms. The Bertz CT molecular complexity index is 999. The van der Waals surface area contributed by atoms with E-state index in [4.69, 9.17) is 4.74 Å². The predicted octanol–water partition coefficient (Wildman–Crippen LogP) is 6.83. The third-order valence-corrected chi connectivity index (χ3v) is 5.75. The quantitative estimate of drug-likeness (QED) is 0.252. The highest BCUT2D eigenvalue weighted by Crippen LogP contribution is 2.35. The Labute approximate surface area is 186 Å². The molecule has 2 nitrogen and oxygen atoms in total. The first kappa shape index (κ1) is 19.8. The van der Waals surface area contributed by atoms with E-state index >= 15 is 0 Å². The summed E-state index contributed by atoms with van der Waals surface area (Å²) in [6.07, 6.45) is 5.08. The van der Waals surface area contributed by atoms with E-state index in [1.807, 2.05) is 0 Å². The lowest BCUT2D eigenvalue weighted by Gasteiger charge is -2.17. The largest absolute Gasteiger partial charge is 0.492 e. The molecule has 0 saturated carbocycles. The van der Waals surface area contributed by atoms with Gasteiger partial charge in [0.15, 0.2) is 0 Å². The molecule has 0 N–H and O–H groups in total. The van der Waals surface area contributed by atoms with Gasteiger partial charge in [-0.2, -0.15) is 0 Å². The Kier molecular flexibility index (Phi) is 6.35. The third-order valence-electron chi connectivity index (χ3n) is 5.03. The average Bonchev–Trinajstić information content (AvgIpc) is 3.59. The van der Waals surface area contributed by atoms with Crippen LogP contribution in [0.3, 0.4) is 0 Å². The highest BCUT2D eigenvalue weighted by atomic mass is 127. The summed E-state index contributed by atoms with van der Waals surface area (Å²) in [7, 11) is 0. The molecule has 3 heteroatoms. The molecule has 3 aromatic carbocycles. The van der Waals surface area contributed by atoms with Crippen LogP contribution < -0.4 is 4.74 Å². The fourth-order valence-corrected chi connectivity index (χ4v) is 3.84. The first-order valence-electron chi connectivity index (χ1n) is 9.96. The van der Waals surface area contributed by atoms with Gasteiger partial charge in [-0.1, -0.05) is 61.5 Å². The zero-order chi connectivity index (χ0) is 20.1. The summed E-state index contributed by atoms with van der Waals surface area (Å²) in [6, 6.07) is 28.0. The smallest absolute Gasteiger partial charge is 0.119 e. The van der Waals surface area contributed by atoms with Gasteiger partial charge in [-0.05, 0) is 81.1 Å². The molecule has 0 bridgehead atoms. The minimum Gasteiger partial charge on any atom is -0.492 e. The van der Waals surface area contributed by atoms with Crippen LogP contribution in [0.5, 0.6) is 5.75 Å². The van der Waals surface area contributed by atoms with Crippen LogP contribution in [0.2, 0.25) is 0 Å². The molecule has 0 atom stereocenters. The summed E-state index contributed by atoms with van der Waals surface area (Å²) in [6.45, 7) is 3.83. The van der Waals surface area contributed by atoms with Crippen LogP contribution in [0.25, 0.3) is 11.1 Å². The van der Waals surface area contributed by atoms with Crippen molar-refractivity contribution in [3.8, 4) is 5.75 Å². The van der Waals surface area contributed by atoms with Gasteiger partial charge in [0, 0.05) is 16.0 Å². The van der Waals surface area contributed by atoms with Gasteiger partial charge in [0.1, 0.15) is 12.4 Å². The van der Waals surface area contributed by atoms with Crippen LogP contribution in [0, 0.1) is 3.57 Å². The fourth-order valence-electron chi connectivity index (χ4n) is 3.48. The number of hydrogen-bond donors (Lipinski definition) is 0. The first-order chi connectivity index (χ1) is 14.2. The van der Waals surface area contributed by atoms with Gasteiger partial charge >= 0.3 is 0 Å². The zero-order valence-electron chi connectivity index (χ0n) is 16.5. The molecule has 0 aromatic heterocycles. The van der Waals surface area contributed by atoms with Crippen molar-refractivity contribution < 1.29 is 4.74 Å². The molecular weight excluding hydrogens is 469 g/mol. The van der Waals surface area contributed by atoms with E-state index in [9.17, 15) is 0 Å². The van der Waals surface area contributed by atoms with E-state index in [2.05, 4.69) is 126 Å². The van der Waals surface area contributed by atoms with E-state index < -0.39 is 0 Å². The Hall–Kier alpha value is -2.53.